The third-order valence-electron chi connectivity index (χ3n) is 4.39. The van der Waals surface area contributed by atoms with E-state index in [1.165, 1.54) is 7.11 Å². The lowest BCUT2D eigenvalue weighted by Crippen LogP contribution is -2.51. The van der Waals surface area contributed by atoms with Crippen LogP contribution >= 0.6 is 12.4 Å². The van der Waals surface area contributed by atoms with E-state index < -0.39 is 16.1 Å². The van der Waals surface area contributed by atoms with Crippen molar-refractivity contribution in [2.24, 2.45) is 11.7 Å². The molecular weight excluding hydrogens is 378 g/mol. The van der Waals surface area contributed by atoms with E-state index in [2.05, 4.69) is 4.72 Å². The minimum Gasteiger partial charge on any atom is -0.383 e. The Balaban J connectivity index is 0.00000338. The Morgan fingerprint density at radius 3 is 2.65 bits per heavy atom. The average molecular weight is 406 g/mol. The number of likely N-dealkylation sites (tertiary alicyclic amines) is 1. The standard InChI is InChI=1S/C17H27N3O4S.ClH/c1-13-5-7-15(8-6-13)25(22,23)19-10-14-4-3-9-20(11-14)17(21)16(18)12-24-2;/h5-8,14,16,19H,3-4,9-12,18H2,1-2H3;1H. The summed E-state index contributed by atoms with van der Waals surface area (Å²) in [7, 11) is -2.03. The number of sulfonamides is 1. The summed E-state index contributed by atoms with van der Waals surface area (Å²) in [6, 6.07) is 6.06. The number of amides is 1. The molecule has 0 radical (unpaired) electrons. The molecule has 2 rings (SSSR count). The number of nitrogens with one attached hydrogen (secondary N) is 1. The van der Waals surface area contributed by atoms with Gasteiger partial charge in [-0.25, -0.2) is 13.1 Å². The summed E-state index contributed by atoms with van der Waals surface area (Å²) in [6.45, 7) is 3.55. The molecule has 1 aliphatic heterocycles. The number of halogens is 1. The lowest BCUT2D eigenvalue weighted by molar-refractivity contribution is -0.135. The third-order valence-corrected chi connectivity index (χ3v) is 5.83. The van der Waals surface area contributed by atoms with Crippen LogP contribution in [0.1, 0.15) is 18.4 Å². The molecule has 0 saturated carbocycles. The topological polar surface area (TPSA) is 102 Å². The molecule has 0 aliphatic carbocycles. The van der Waals surface area contributed by atoms with Crippen LogP contribution in [0.4, 0.5) is 0 Å². The molecule has 1 fully saturated rings. The average Bonchev–Trinajstić information content (AvgIpc) is 2.60. The van der Waals surface area contributed by atoms with Gasteiger partial charge in [-0.05, 0) is 37.8 Å². The molecule has 1 saturated heterocycles. The number of hydrogen-bond acceptors (Lipinski definition) is 5. The number of carbonyl (C=O) groups excluding carboxylic acids is 1. The smallest absolute Gasteiger partial charge is 0.241 e. The van der Waals surface area contributed by atoms with Crippen molar-refractivity contribution in [3.8, 4) is 0 Å². The van der Waals surface area contributed by atoms with Crippen molar-refractivity contribution in [1.82, 2.24) is 9.62 Å². The van der Waals surface area contributed by atoms with Crippen LogP contribution in [0.25, 0.3) is 0 Å². The summed E-state index contributed by atoms with van der Waals surface area (Å²) < 4.78 is 32.3. The van der Waals surface area contributed by atoms with Gasteiger partial charge in [0, 0.05) is 26.7 Å². The molecule has 1 aliphatic rings. The molecule has 9 heteroatoms. The highest BCUT2D eigenvalue weighted by atomic mass is 35.5. The van der Waals surface area contributed by atoms with E-state index in [4.69, 9.17) is 10.5 Å². The first-order valence-electron chi connectivity index (χ1n) is 8.43. The molecule has 3 N–H and O–H groups in total. The molecule has 26 heavy (non-hydrogen) atoms. The number of nitrogens with zero attached hydrogens (tertiary/aromatic N) is 1. The number of hydrogen-bond donors (Lipinski definition) is 2. The first-order valence-corrected chi connectivity index (χ1v) is 9.91. The second kappa shape index (κ2) is 10.2. The van der Waals surface area contributed by atoms with E-state index in [1.54, 1.807) is 29.2 Å². The first-order chi connectivity index (χ1) is 11.8. The number of carbonyl (C=O) groups is 1. The molecule has 1 heterocycles. The highest BCUT2D eigenvalue weighted by Gasteiger charge is 2.28. The fraction of sp³-hybridized carbons (Fsp3) is 0.588. The second-order valence-electron chi connectivity index (χ2n) is 6.52. The Kier molecular flexibility index (Phi) is 8.99. The predicted octanol–water partition coefficient (Wildman–Crippen LogP) is 0.907. The zero-order chi connectivity index (χ0) is 18.4. The number of benzene rings is 1. The monoisotopic (exact) mass is 405 g/mol. The quantitative estimate of drug-likeness (QED) is 0.702. The molecule has 148 valence electrons. The third kappa shape index (κ3) is 6.21. The number of methoxy groups -OCH3 is 1. The van der Waals surface area contributed by atoms with Gasteiger partial charge in [0.05, 0.1) is 11.5 Å². The van der Waals surface area contributed by atoms with Gasteiger partial charge in [0.25, 0.3) is 0 Å². The maximum atomic E-state index is 12.4. The van der Waals surface area contributed by atoms with E-state index in [9.17, 15) is 13.2 Å². The van der Waals surface area contributed by atoms with Crippen LogP contribution in [0.2, 0.25) is 0 Å². The Hall–Kier alpha value is -1.19. The Labute approximate surface area is 161 Å². The van der Waals surface area contributed by atoms with Gasteiger partial charge in [-0.15, -0.1) is 12.4 Å². The maximum absolute atomic E-state index is 12.4. The van der Waals surface area contributed by atoms with Crippen LogP contribution in [0.15, 0.2) is 29.2 Å². The van der Waals surface area contributed by atoms with Gasteiger partial charge in [-0.2, -0.15) is 0 Å². The minimum atomic E-state index is -3.54. The second-order valence-corrected chi connectivity index (χ2v) is 8.29. The Bertz CT molecular complexity index is 682. The summed E-state index contributed by atoms with van der Waals surface area (Å²) in [5.41, 5.74) is 6.81. The fourth-order valence-electron chi connectivity index (χ4n) is 2.95. The van der Waals surface area contributed by atoms with Crippen molar-refractivity contribution >= 4 is 28.3 Å². The number of rotatable bonds is 7. The van der Waals surface area contributed by atoms with Crippen LogP contribution in [-0.2, 0) is 19.6 Å². The highest BCUT2D eigenvalue weighted by Crippen LogP contribution is 2.18. The predicted molar refractivity (Wildman–Crippen MR) is 103 cm³/mol. The van der Waals surface area contributed by atoms with Crippen molar-refractivity contribution in [3.63, 3.8) is 0 Å². The van der Waals surface area contributed by atoms with Gasteiger partial charge in [0.2, 0.25) is 15.9 Å². The van der Waals surface area contributed by atoms with Crippen LogP contribution in [0.5, 0.6) is 0 Å². The summed E-state index contributed by atoms with van der Waals surface area (Å²) >= 11 is 0. The molecule has 2 unspecified atom stereocenters. The van der Waals surface area contributed by atoms with E-state index in [-0.39, 0.29) is 35.7 Å². The van der Waals surface area contributed by atoms with Crippen molar-refractivity contribution in [3.05, 3.63) is 29.8 Å². The first kappa shape index (κ1) is 22.9. The molecule has 7 nitrogen and oxygen atoms in total. The van der Waals surface area contributed by atoms with Crippen molar-refractivity contribution in [1.29, 1.82) is 0 Å². The molecule has 1 aromatic rings. The SMILES string of the molecule is COCC(N)C(=O)N1CCCC(CNS(=O)(=O)c2ccc(C)cc2)C1.Cl. The van der Waals surface area contributed by atoms with Gasteiger partial charge < -0.3 is 15.4 Å². The van der Waals surface area contributed by atoms with Gasteiger partial charge in [0.15, 0.2) is 0 Å². The number of piperidine rings is 1. The van der Waals surface area contributed by atoms with E-state index in [0.29, 0.717) is 19.6 Å². The number of ether oxygens (including phenoxy) is 1. The molecule has 0 spiro atoms. The highest BCUT2D eigenvalue weighted by molar-refractivity contribution is 7.89. The molecule has 1 aromatic carbocycles. The molecule has 0 aromatic heterocycles. The number of aryl methyl sites for hydroxylation is 1. The molecule has 1 amide bonds. The van der Waals surface area contributed by atoms with Gasteiger partial charge in [0.1, 0.15) is 6.04 Å². The lowest BCUT2D eigenvalue weighted by Gasteiger charge is -2.34. The fourth-order valence-corrected chi connectivity index (χ4v) is 4.06. The van der Waals surface area contributed by atoms with Gasteiger partial charge >= 0.3 is 0 Å². The summed E-state index contributed by atoms with van der Waals surface area (Å²) in [4.78, 5) is 14.2. The zero-order valence-electron chi connectivity index (χ0n) is 15.2. The zero-order valence-corrected chi connectivity index (χ0v) is 16.8. The van der Waals surface area contributed by atoms with E-state index in [0.717, 1.165) is 18.4 Å². The van der Waals surface area contributed by atoms with Crippen molar-refractivity contribution in [2.45, 2.75) is 30.7 Å². The normalized spacial score (nSPS) is 18.9. The van der Waals surface area contributed by atoms with Gasteiger partial charge in [-0.3, -0.25) is 4.79 Å². The molecular formula is C17H28ClN3O4S. The summed E-state index contributed by atoms with van der Waals surface area (Å²) in [5, 5.41) is 0. The largest absolute Gasteiger partial charge is 0.383 e. The number of nitrogens with two attached hydrogens (primary N) is 1. The van der Waals surface area contributed by atoms with Crippen LogP contribution in [0.3, 0.4) is 0 Å². The molecule has 2 atom stereocenters. The maximum Gasteiger partial charge on any atom is 0.241 e. The Morgan fingerprint density at radius 1 is 1.38 bits per heavy atom. The minimum absolute atomic E-state index is 0. The van der Waals surface area contributed by atoms with Gasteiger partial charge in [-0.1, -0.05) is 17.7 Å². The van der Waals surface area contributed by atoms with E-state index in [1.807, 2.05) is 6.92 Å². The van der Waals surface area contributed by atoms with Crippen LogP contribution < -0.4 is 10.5 Å². The summed E-state index contributed by atoms with van der Waals surface area (Å²) in [5.74, 6) is -0.0689. The lowest BCUT2D eigenvalue weighted by atomic mass is 9.98. The molecule has 0 bridgehead atoms. The Morgan fingerprint density at radius 2 is 2.04 bits per heavy atom. The van der Waals surface area contributed by atoms with Crippen molar-refractivity contribution in [2.75, 3.05) is 33.4 Å². The van der Waals surface area contributed by atoms with Crippen LogP contribution in [0, 0.1) is 12.8 Å². The van der Waals surface area contributed by atoms with Crippen LogP contribution in [-0.4, -0.2) is 58.6 Å². The van der Waals surface area contributed by atoms with E-state index >= 15 is 0 Å². The summed E-state index contributed by atoms with van der Waals surface area (Å²) in [6.07, 6.45) is 1.71. The van der Waals surface area contributed by atoms with Crippen molar-refractivity contribution < 1.29 is 17.9 Å².